The van der Waals surface area contributed by atoms with Crippen LogP contribution in [0.3, 0.4) is 0 Å². The maximum absolute atomic E-state index is 6.58. The Bertz CT molecular complexity index is 3480. The number of benzene rings is 9. The van der Waals surface area contributed by atoms with Gasteiger partial charge in [-0.15, -0.1) is 0 Å². The number of hydrogen-bond donors (Lipinski definition) is 0. The minimum atomic E-state index is 0.614. The van der Waals surface area contributed by atoms with Crippen LogP contribution in [0.2, 0.25) is 0 Å². The van der Waals surface area contributed by atoms with Gasteiger partial charge in [0.25, 0.3) is 0 Å². The van der Waals surface area contributed by atoms with Gasteiger partial charge in [0.05, 0.1) is 11.0 Å². The minimum Gasteiger partial charge on any atom is -0.452 e. The van der Waals surface area contributed by atoms with Crippen molar-refractivity contribution in [2.45, 2.75) is 0 Å². The van der Waals surface area contributed by atoms with E-state index in [1.54, 1.807) is 0 Å². The van der Waals surface area contributed by atoms with Gasteiger partial charge in [0, 0.05) is 27.1 Å². The van der Waals surface area contributed by atoms with Gasteiger partial charge in [-0.05, 0) is 78.8 Å². The largest absolute Gasteiger partial charge is 0.452 e. The zero-order chi connectivity index (χ0) is 33.9. The van der Waals surface area contributed by atoms with Crippen molar-refractivity contribution < 1.29 is 4.42 Å². The molecule has 12 rings (SSSR count). The van der Waals surface area contributed by atoms with Gasteiger partial charge in [-0.2, -0.15) is 0 Å². The lowest BCUT2D eigenvalue weighted by Crippen LogP contribution is -2.03. The molecule has 0 bridgehead atoms. The van der Waals surface area contributed by atoms with Crippen LogP contribution in [-0.4, -0.2) is 14.5 Å². The molecule has 3 aromatic heterocycles. The molecule has 0 saturated heterocycles. The fraction of sp³-hybridized carbons (Fsp3) is 0. The number of aromatic nitrogens is 3. The topological polar surface area (TPSA) is 43.9 Å². The van der Waals surface area contributed by atoms with E-state index in [2.05, 4.69) is 150 Å². The second-order valence-corrected chi connectivity index (χ2v) is 13.7. The van der Waals surface area contributed by atoms with Crippen LogP contribution in [0.4, 0.5) is 0 Å². The molecule has 0 amide bonds. The SMILES string of the molecule is c1ccc2cc(-c3nc(-n4c5cc6c7ccccc7c7ccccc7c6cc5c5ccc6ccccc6c54)nc4c3oc3ccccc34)ccc2c1. The van der Waals surface area contributed by atoms with Gasteiger partial charge in [-0.3, -0.25) is 4.57 Å². The van der Waals surface area contributed by atoms with Gasteiger partial charge in [-0.1, -0.05) is 133 Å². The molecule has 0 aliphatic carbocycles. The summed E-state index contributed by atoms with van der Waals surface area (Å²) in [6.45, 7) is 0. The van der Waals surface area contributed by atoms with Crippen molar-refractivity contribution in [3.05, 3.63) is 164 Å². The molecule has 240 valence electrons. The van der Waals surface area contributed by atoms with Crippen LogP contribution in [-0.2, 0) is 0 Å². The summed E-state index contributed by atoms with van der Waals surface area (Å²) in [4.78, 5) is 10.9. The molecule has 0 aliphatic rings. The Morgan fingerprint density at radius 1 is 0.404 bits per heavy atom. The lowest BCUT2D eigenvalue weighted by molar-refractivity contribution is 0.666. The molecule has 0 aliphatic heterocycles. The zero-order valence-corrected chi connectivity index (χ0v) is 27.8. The van der Waals surface area contributed by atoms with E-state index in [1.165, 1.54) is 53.9 Å². The van der Waals surface area contributed by atoms with Crippen LogP contribution in [0.5, 0.6) is 0 Å². The third kappa shape index (κ3) is 3.75. The van der Waals surface area contributed by atoms with Crippen molar-refractivity contribution in [3.63, 3.8) is 0 Å². The standard InChI is InChI=1S/C48H27N3O/c1-2-13-30-25-31(22-21-28(30)11-1)44-47-45(38-19-9-10-20-43(38)52-47)50-48(49-44)51-42-27-40-36-18-8-6-16-34(36)33-15-5-7-17-35(33)39(40)26-41(42)37-24-23-29-12-3-4-14-32(29)46(37)51/h1-27H. The van der Waals surface area contributed by atoms with Crippen molar-refractivity contribution in [2.75, 3.05) is 0 Å². The quantitative estimate of drug-likeness (QED) is 0.173. The van der Waals surface area contributed by atoms with Crippen LogP contribution in [0, 0.1) is 0 Å². The van der Waals surface area contributed by atoms with Crippen molar-refractivity contribution in [1.29, 1.82) is 0 Å². The molecule has 9 aromatic carbocycles. The van der Waals surface area contributed by atoms with Crippen LogP contribution in [0.1, 0.15) is 0 Å². The van der Waals surface area contributed by atoms with Gasteiger partial charge < -0.3 is 4.42 Å². The first-order valence-corrected chi connectivity index (χ1v) is 17.7. The van der Waals surface area contributed by atoms with Gasteiger partial charge in [0.2, 0.25) is 5.95 Å². The summed E-state index contributed by atoms with van der Waals surface area (Å²) in [6.07, 6.45) is 0. The van der Waals surface area contributed by atoms with E-state index in [0.717, 1.165) is 49.5 Å². The smallest absolute Gasteiger partial charge is 0.236 e. The first kappa shape index (κ1) is 27.7. The van der Waals surface area contributed by atoms with Crippen LogP contribution < -0.4 is 0 Å². The number of rotatable bonds is 2. The Labute approximate surface area is 296 Å². The van der Waals surface area contributed by atoms with Gasteiger partial charge in [0.1, 0.15) is 16.8 Å². The number of hydrogen-bond acceptors (Lipinski definition) is 3. The van der Waals surface area contributed by atoms with Crippen molar-refractivity contribution in [3.8, 4) is 17.2 Å². The van der Waals surface area contributed by atoms with E-state index < -0.39 is 0 Å². The van der Waals surface area contributed by atoms with Crippen molar-refractivity contribution in [2.24, 2.45) is 0 Å². The summed E-state index contributed by atoms with van der Waals surface area (Å²) in [6, 6.07) is 58.5. The molecular formula is C48H27N3O. The zero-order valence-electron chi connectivity index (χ0n) is 27.8. The molecule has 0 fully saturated rings. The van der Waals surface area contributed by atoms with Crippen LogP contribution >= 0.6 is 0 Å². The number of fused-ring (bicyclic) bond motifs is 15. The second-order valence-electron chi connectivity index (χ2n) is 13.7. The van der Waals surface area contributed by atoms with Gasteiger partial charge in [-0.25, -0.2) is 9.97 Å². The van der Waals surface area contributed by atoms with Gasteiger partial charge >= 0.3 is 0 Å². The van der Waals surface area contributed by atoms with E-state index in [1.807, 2.05) is 18.2 Å². The summed E-state index contributed by atoms with van der Waals surface area (Å²) < 4.78 is 8.87. The first-order chi connectivity index (χ1) is 25.8. The number of furan rings is 1. The van der Waals surface area contributed by atoms with Crippen molar-refractivity contribution in [1.82, 2.24) is 14.5 Å². The maximum atomic E-state index is 6.58. The third-order valence-electron chi connectivity index (χ3n) is 10.9. The summed E-state index contributed by atoms with van der Waals surface area (Å²) in [5.41, 5.74) is 6.20. The molecule has 0 saturated carbocycles. The monoisotopic (exact) mass is 661 g/mol. The molecule has 52 heavy (non-hydrogen) atoms. The number of nitrogens with zero attached hydrogens (tertiary/aromatic N) is 3. The third-order valence-corrected chi connectivity index (χ3v) is 10.9. The highest BCUT2D eigenvalue weighted by molar-refractivity contribution is 6.30. The van der Waals surface area contributed by atoms with Crippen LogP contribution in [0.15, 0.2) is 168 Å². The first-order valence-electron chi connectivity index (χ1n) is 17.7. The lowest BCUT2D eigenvalue weighted by Gasteiger charge is -2.13. The lowest BCUT2D eigenvalue weighted by atomic mass is 9.93. The highest BCUT2D eigenvalue weighted by atomic mass is 16.3. The highest BCUT2D eigenvalue weighted by Gasteiger charge is 2.23. The van der Waals surface area contributed by atoms with E-state index >= 15 is 0 Å². The molecule has 0 atom stereocenters. The Morgan fingerprint density at radius 2 is 1.00 bits per heavy atom. The predicted molar refractivity (Wildman–Crippen MR) is 217 cm³/mol. The summed E-state index contributed by atoms with van der Waals surface area (Å²) >= 11 is 0. The Kier molecular flexibility index (Phi) is 5.47. The molecule has 0 spiro atoms. The van der Waals surface area contributed by atoms with Gasteiger partial charge in [0.15, 0.2) is 5.58 Å². The Balaban J connectivity index is 1.29. The summed E-state index contributed by atoms with van der Waals surface area (Å²) in [7, 11) is 0. The van der Waals surface area contributed by atoms with Crippen molar-refractivity contribution >= 4 is 97.7 Å². The maximum Gasteiger partial charge on any atom is 0.236 e. The van der Waals surface area contributed by atoms with Crippen LogP contribution in [0.25, 0.3) is 115 Å². The average Bonchev–Trinajstić information content (AvgIpc) is 3.75. The predicted octanol–water partition coefficient (Wildman–Crippen LogP) is 12.9. The molecular weight excluding hydrogens is 635 g/mol. The van der Waals surface area contributed by atoms with E-state index in [0.29, 0.717) is 11.5 Å². The van der Waals surface area contributed by atoms with E-state index in [-0.39, 0.29) is 0 Å². The molecule has 4 heteroatoms. The summed E-state index contributed by atoms with van der Waals surface area (Å²) in [5, 5.41) is 15.4. The molecule has 4 nitrogen and oxygen atoms in total. The fourth-order valence-corrected chi connectivity index (χ4v) is 8.59. The highest BCUT2D eigenvalue weighted by Crippen LogP contribution is 2.43. The second kappa shape index (κ2) is 10.3. The van der Waals surface area contributed by atoms with E-state index in [4.69, 9.17) is 14.4 Å². The minimum absolute atomic E-state index is 0.614. The number of para-hydroxylation sites is 1. The Hall–Kier alpha value is -7.04. The molecule has 0 radical (unpaired) electrons. The molecule has 12 aromatic rings. The average molecular weight is 662 g/mol. The molecule has 3 heterocycles. The molecule has 0 unspecified atom stereocenters. The molecule has 0 N–H and O–H groups in total. The Morgan fingerprint density at radius 3 is 1.77 bits per heavy atom. The normalized spacial score (nSPS) is 12.2. The summed E-state index contributed by atoms with van der Waals surface area (Å²) in [5.74, 6) is 0.614. The fourth-order valence-electron chi connectivity index (χ4n) is 8.59. The van der Waals surface area contributed by atoms with E-state index in [9.17, 15) is 0 Å².